The van der Waals surface area contributed by atoms with Gasteiger partial charge in [0.2, 0.25) is 0 Å². The van der Waals surface area contributed by atoms with Crippen LogP contribution in [0.3, 0.4) is 0 Å². The Hall–Kier alpha value is -0.280. The zero-order chi connectivity index (χ0) is 9.68. The van der Waals surface area contributed by atoms with Crippen LogP contribution in [-0.4, -0.2) is 23.4 Å². The molecule has 0 bridgehead atoms. The fraction of sp³-hybridized carbons (Fsp3) is 0.444. The minimum absolute atomic E-state index is 0.713. The summed E-state index contributed by atoms with van der Waals surface area (Å²) in [6.07, 6.45) is 1.76. The van der Waals surface area contributed by atoms with E-state index in [2.05, 4.69) is 32.7 Å². The summed E-state index contributed by atoms with van der Waals surface area (Å²) < 4.78 is 0. The molecule has 0 fully saturated rings. The Morgan fingerprint density at radius 3 is 2.92 bits per heavy atom. The Bertz CT molecular complexity index is 268. The lowest BCUT2D eigenvalue weighted by molar-refractivity contribution is 0.855. The SMILES string of the molecule is CCN(CCBr)c1ncccc1Cl. The first kappa shape index (κ1) is 10.8. The number of alkyl halides is 1. The van der Waals surface area contributed by atoms with Crippen LogP contribution in [0.5, 0.6) is 0 Å². The molecule has 0 N–H and O–H groups in total. The molecule has 1 aromatic rings. The van der Waals surface area contributed by atoms with E-state index in [0.717, 1.165) is 24.2 Å². The molecular weight excluding hydrogens is 251 g/mol. The third-order valence-corrected chi connectivity index (χ3v) is 2.42. The minimum atomic E-state index is 0.713. The number of rotatable bonds is 4. The second-order valence-electron chi connectivity index (χ2n) is 2.58. The lowest BCUT2D eigenvalue weighted by Crippen LogP contribution is -2.25. The lowest BCUT2D eigenvalue weighted by Gasteiger charge is -2.21. The molecule has 0 unspecified atom stereocenters. The smallest absolute Gasteiger partial charge is 0.147 e. The number of aromatic nitrogens is 1. The van der Waals surface area contributed by atoms with Crippen molar-refractivity contribution in [3.63, 3.8) is 0 Å². The minimum Gasteiger partial charge on any atom is -0.355 e. The maximum absolute atomic E-state index is 6.01. The normalized spacial score (nSPS) is 10.1. The highest BCUT2D eigenvalue weighted by atomic mass is 79.9. The van der Waals surface area contributed by atoms with E-state index in [1.807, 2.05) is 12.1 Å². The van der Waals surface area contributed by atoms with E-state index in [1.54, 1.807) is 6.20 Å². The largest absolute Gasteiger partial charge is 0.355 e. The van der Waals surface area contributed by atoms with E-state index in [1.165, 1.54) is 0 Å². The first-order valence-electron chi connectivity index (χ1n) is 4.21. The third kappa shape index (κ3) is 2.85. The summed E-state index contributed by atoms with van der Waals surface area (Å²) in [5, 5.41) is 1.64. The van der Waals surface area contributed by atoms with Crippen LogP contribution in [0.25, 0.3) is 0 Å². The second kappa shape index (κ2) is 5.45. The van der Waals surface area contributed by atoms with Crippen molar-refractivity contribution in [2.24, 2.45) is 0 Å². The van der Waals surface area contributed by atoms with E-state index in [-0.39, 0.29) is 0 Å². The molecule has 4 heteroatoms. The predicted molar refractivity (Wildman–Crippen MR) is 60.9 cm³/mol. The van der Waals surface area contributed by atoms with Gasteiger partial charge in [0, 0.05) is 24.6 Å². The summed E-state index contributed by atoms with van der Waals surface area (Å²) in [5.74, 6) is 0.867. The maximum atomic E-state index is 6.01. The fourth-order valence-electron chi connectivity index (χ4n) is 1.13. The van der Waals surface area contributed by atoms with Crippen molar-refractivity contribution in [1.29, 1.82) is 0 Å². The zero-order valence-corrected chi connectivity index (χ0v) is 9.85. The van der Waals surface area contributed by atoms with Crippen molar-refractivity contribution in [2.75, 3.05) is 23.3 Å². The Labute approximate surface area is 92.0 Å². The van der Waals surface area contributed by atoms with E-state index in [4.69, 9.17) is 11.6 Å². The summed E-state index contributed by atoms with van der Waals surface area (Å²) in [5.41, 5.74) is 0. The zero-order valence-electron chi connectivity index (χ0n) is 7.50. The van der Waals surface area contributed by atoms with Crippen LogP contribution in [0.2, 0.25) is 5.02 Å². The quantitative estimate of drug-likeness (QED) is 0.777. The third-order valence-electron chi connectivity index (χ3n) is 1.77. The van der Waals surface area contributed by atoms with Crippen LogP contribution in [0.1, 0.15) is 6.92 Å². The Morgan fingerprint density at radius 1 is 1.62 bits per heavy atom. The van der Waals surface area contributed by atoms with Gasteiger partial charge in [0.05, 0.1) is 5.02 Å². The highest BCUT2D eigenvalue weighted by Gasteiger charge is 2.07. The molecular formula is C9H12BrClN2. The molecule has 0 spiro atoms. The molecule has 1 aromatic heterocycles. The molecule has 0 amide bonds. The topological polar surface area (TPSA) is 16.1 Å². The first-order valence-corrected chi connectivity index (χ1v) is 5.71. The van der Waals surface area contributed by atoms with Gasteiger partial charge in [-0.1, -0.05) is 27.5 Å². The molecule has 13 heavy (non-hydrogen) atoms. The summed E-state index contributed by atoms with van der Waals surface area (Å²) in [6, 6.07) is 3.70. The summed E-state index contributed by atoms with van der Waals surface area (Å²) >= 11 is 9.41. The van der Waals surface area contributed by atoms with Gasteiger partial charge in [0.25, 0.3) is 0 Å². The van der Waals surface area contributed by atoms with Crippen molar-refractivity contribution in [3.8, 4) is 0 Å². The molecule has 1 heterocycles. The number of anilines is 1. The van der Waals surface area contributed by atoms with Gasteiger partial charge in [-0.2, -0.15) is 0 Å². The van der Waals surface area contributed by atoms with Crippen molar-refractivity contribution in [2.45, 2.75) is 6.92 Å². The van der Waals surface area contributed by atoms with Crippen LogP contribution in [0.4, 0.5) is 5.82 Å². The van der Waals surface area contributed by atoms with E-state index in [9.17, 15) is 0 Å². The van der Waals surface area contributed by atoms with Gasteiger partial charge in [0.1, 0.15) is 5.82 Å². The predicted octanol–water partition coefficient (Wildman–Crippen LogP) is 2.96. The van der Waals surface area contributed by atoms with Crippen molar-refractivity contribution in [1.82, 2.24) is 4.98 Å². The summed E-state index contributed by atoms with van der Waals surface area (Å²) in [6.45, 7) is 3.93. The monoisotopic (exact) mass is 262 g/mol. The van der Waals surface area contributed by atoms with Gasteiger partial charge in [0.15, 0.2) is 0 Å². The summed E-state index contributed by atoms with van der Waals surface area (Å²) in [7, 11) is 0. The average Bonchev–Trinajstić information content (AvgIpc) is 2.16. The molecule has 1 rings (SSSR count). The molecule has 0 radical (unpaired) electrons. The number of pyridine rings is 1. The van der Waals surface area contributed by atoms with Crippen LogP contribution in [0, 0.1) is 0 Å². The number of hydrogen-bond donors (Lipinski definition) is 0. The van der Waals surface area contributed by atoms with Gasteiger partial charge in [-0.15, -0.1) is 0 Å². The van der Waals surface area contributed by atoms with Crippen LogP contribution in [-0.2, 0) is 0 Å². The van der Waals surface area contributed by atoms with E-state index >= 15 is 0 Å². The van der Waals surface area contributed by atoms with Gasteiger partial charge in [-0.3, -0.25) is 0 Å². The summed E-state index contributed by atoms with van der Waals surface area (Å²) in [4.78, 5) is 6.38. The van der Waals surface area contributed by atoms with Crippen molar-refractivity contribution >= 4 is 33.3 Å². The number of halogens is 2. The van der Waals surface area contributed by atoms with Crippen molar-refractivity contribution in [3.05, 3.63) is 23.4 Å². The van der Waals surface area contributed by atoms with E-state index in [0.29, 0.717) is 5.02 Å². The fourth-order valence-corrected chi connectivity index (χ4v) is 1.79. The standard InChI is InChI=1S/C9H12BrClN2/c1-2-13(7-5-10)9-8(11)4-3-6-12-9/h3-4,6H,2,5,7H2,1H3. The first-order chi connectivity index (χ1) is 6.29. The molecule has 0 aromatic carbocycles. The van der Waals surface area contributed by atoms with Crippen LogP contribution >= 0.6 is 27.5 Å². The molecule has 0 atom stereocenters. The molecule has 0 aliphatic carbocycles. The van der Waals surface area contributed by atoms with E-state index < -0.39 is 0 Å². The van der Waals surface area contributed by atoms with Gasteiger partial charge >= 0.3 is 0 Å². The molecule has 0 aliphatic rings. The molecule has 0 saturated heterocycles. The number of nitrogens with zero attached hydrogens (tertiary/aromatic N) is 2. The van der Waals surface area contributed by atoms with Crippen molar-refractivity contribution < 1.29 is 0 Å². The van der Waals surface area contributed by atoms with Gasteiger partial charge < -0.3 is 4.90 Å². The molecule has 0 aliphatic heterocycles. The van der Waals surface area contributed by atoms with Crippen LogP contribution in [0.15, 0.2) is 18.3 Å². The van der Waals surface area contributed by atoms with Gasteiger partial charge in [-0.25, -0.2) is 4.98 Å². The lowest BCUT2D eigenvalue weighted by atomic mass is 10.4. The maximum Gasteiger partial charge on any atom is 0.147 e. The average molecular weight is 264 g/mol. The Kier molecular flexibility index (Phi) is 4.53. The molecule has 72 valence electrons. The Balaban J connectivity index is 2.84. The van der Waals surface area contributed by atoms with Crippen LogP contribution < -0.4 is 4.90 Å². The highest BCUT2D eigenvalue weighted by Crippen LogP contribution is 2.21. The molecule has 0 saturated carbocycles. The molecule has 2 nitrogen and oxygen atoms in total. The Morgan fingerprint density at radius 2 is 2.38 bits per heavy atom. The highest BCUT2D eigenvalue weighted by molar-refractivity contribution is 9.09. The van der Waals surface area contributed by atoms with Gasteiger partial charge in [-0.05, 0) is 19.1 Å². The second-order valence-corrected chi connectivity index (χ2v) is 3.78. The number of hydrogen-bond acceptors (Lipinski definition) is 2.